The standard InChI is InChI=1S/C36H61N3O2S/c1-9-13-15-16-23-39(34(40)17-14-10-2)32(28(5)6)26-33(41-12-4)35(38)42-24-22-30(27-36(7,8)11-3)25-29-18-20-31(37)21-19-29/h11,18-22,24,28,30,32-33,38H,3,9-10,12-17,23,25-27,37H2,1-2,4-8H3/b24-22+,38-35?. The molecule has 0 saturated carbocycles. The number of nitrogens with two attached hydrogens (primary N) is 1. The summed E-state index contributed by atoms with van der Waals surface area (Å²) in [6, 6.07) is 8.15. The number of carbonyl (C=O) groups excluding carboxylic acids is 1. The Kier molecular flexibility index (Phi) is 18.8. The van der Waals surface area contributed by atoms with Crippen LogP contribution in [0.15, 0.2) is 48.4 Å². The van der Waals surface area contributed by atoms with Gasteiger partial charge in [0.2, 0.25) is 5.91 Å². The van der Waals surface area contributed by atoms with Gasteiger partial charge in [0.1, 0.15) is 6.10 Å². The molecule has 1 aromatic rings. The molecule has 0 radical (unpaired) electrons. The van der Waals surface area contributed by atoms with Crippen molar-refractivity contribution in [3.63, 3.8) is 0 Å². The molecule has 6 heteroatoms. The number of amides is 1. The first-order valence-corrected chi connectivity index (χ1v) is 17.2. The fourth-order valence-electron chi connectivity index (χ4n) is 5.31. The molecular weight excluding hydrogens is 538 g/mol. The van der Waals surface area contributed by atoms with Gasteiger partial charge >= 0.3 is 0 Å². The highest BCUT2D eigenvalue weighted by Crippen LogP contribution is 2.31. The van der Waals surface area contributed by atoms with Crippen LogP contribution in [0.5, 0.6) is 0 Å². The van der Waals surface area contributed by atoms with E-state index in [1.54, 1.807) is 0 Å². The number of anilines is 1. The highest BCUT2D eigenvalue weighted by molar-refractivity contribution is 8.16. The molecule has 0 aromatic heterocycles. The molecule has 0 saturated heterocycles. The average Bonchev–Trinajstić information content (AvgIpc) is 2.95. The zero-order valence-electron chi connectivity index (χ0n) is 27.8. The quantitative estimate of drug-likeness (QED) is 0.0457. The van der Waals surface area contributed by atoms with Crippen LogP contribution in [-0.2, 0) is 16.0 Å². The second kappa shape index (κ2) is 20.8. The van der Waals surface area contributed by atoms with Crippen molar-refractivity contribution < 1.29 is 9.53 Å². The number of hydrogen-bond acceptors (Lipinski definition) is 5. The van der Waals surface area contributed by atoms with E-state index in [1.807, 2.05) is 25.1 Å². The lowest BCUT2D eigenvalue weighted by Crippen LogP contribution is -2.46. The number of nitrogens with zero attached hydrogens (tertiary/aromatic N) is 1. The van der Waals surface area contributed by atoms with Crippen LogP contribution >= 0.6 is 11.8 Å². The van der Waals surface area contributed by atoms with Crippen molar-refractivity contribution in [3.8, 4) is 0 Å². The Morgan fingerprint density at radius 3 is 2.33 bits per heavy atom. The first kappa shape index (κ1) is 38.0. The summed E-state index contributed by atoms with van der Waals surface area (Å²) in [5, 5.41) is 11.6. The Balaban J connectivity index is 3.07. The SMILES string of the molecule is C=CC(C)(C)CC(/C=C/SC(=N)C(CC(C(C)C)N(CCCCCC)C(=O)CCCC)OCC)Cc1ccc(N)cc1. The maximum atomic E-state index is 13.4. The van der Waals surface area contributed by atoms with Gasteiger partial charge in [-0.15, -0.1) is 6.58 Å². The minimum atomic E-state index is -0.339. The third-order valence-corrected chi connectivity index (χ3v) is 8.78. The first-order valence-electron chi connectivity index (χ1n) is 16.3. The Labute approximate surface area is 262 Å². The van der Waals surface area contributed by atoms with Crippen molar-refractivity contribution in [2.45, 2.75) is 125 Å². The van der Waals surface area contributed by atoms with Gasteiger partial charge in [0.25, 0.3) is 0 Å². The molecule has 3 atom stereocenters. The van der Waals surface area contributed by atoms with Gasteiger partial charge in [0.05, 0.1) is 5.04 Å². The third-order valence-electron chi connectivity index (χ3n) is 7.97. The number of rotatable bonds is 22. The lowest BCUT2D eigenvalue weighted by Gasteiger charge is -2.37. The van der Waals surface area contributed by atoms with E-state index < -0.39 is 0 Å². The summed E-state index contributed by atoms with van der Waals surface area (Å²) in [7, 11) is 0. The molecule has 0 aliphatic rings. The topological polar surface area (TPSA) is 79.4 Å². The van der Waals surface area contributed by atoms with Crippen LogP contribution in [-0.4, -0.2) is 41.1 Å². The number of nitrogens with one attached hydrogen (secondary N) is 1. The van der Waals surface area contributed by atoms with Crippen molar-refractivity contribution in [1.29, 1.82) is 5.41 Å². The summed E-state index contributed by atoms with van der Waals surface area (Å²) >= 11 is 1.44. The fourth-order valence-corrected chi connectivity index (χ4v) is 6.07. The van der Waals surface area contributed by atoms with Crippen molar-refractivity contribution in [2.24, 2.45) is 17.3 Å². The number of allylic oxidation sites excluding steroid dienone is 2. The van der Waals surface area contributed by atoms with Crippen LogP contribution in [0.3, 0.4) is 0 Å². The van der Waals surface area contributed by atoms with Crippen molar-refractivity contribution >= 4 is 28.4 Å². The Morgan fingerprint density at radius 1 is 1.10 bits per heavy atom. The molecule has 1 aromatic carbocycles. The van der Waals surface area contributed by atoms with E-state index >= 15 is 0 Å². The highest BCUT2D eigenvalue weighted by Gasteiger charge is 2.30. The number of unbranched alkanes of at least 4 members (excludes halogenated alkanes) is 4. The van der Waals surface area contributed by atoms with E-state index in [-0.39, 0.29) is 29.4 Å². The lowest BCUT2D eigenvalue weighted by atomic mass is 9.80. The van der Waals surface area contributed by atoms with Crippen LogP contribution in [0.4, 0.5) is 5.69 Å². The molecule has 0 fully saturated rings. The van der Waals surface area contributed by atoms with E-state index in [1.165, 1.54) is 30.2 Å². The molecule has 0 heterocycles. The van der Waals surface area contributed by atoms with E-state index in [4.69, 9.17) is 15.9 Å². The zero-order chi connectivity index (χ0) is 31.5. The van der Waals surface area contributed by atoms with Gasteiger partial charge in [-0.2, -0.15) is 0 Å². The molecule has 3 N–H and O–H groups in total. The Bertz CT molecular complexity index is 941. The van der Waals surface area contributed by atoms with Crippen LogP contribution in [0.25, 0.3) is 0 Å². The zero-order valence-corrected chi connectivity index (χ0v) is 28.6. The number of thioether (sulfide) groups is 1. The van der Waals surface area contributed by atoms with Gasteiger partial charge in [-0.1, -0.05) is 103 Å². The Morgan fingerprint density at radius 2 is 1.76 bits per heavy atom. The highest BCUT2D eigenvalue weighted by atomic mass is 32.2. The first-order chi connectivity index (χ1) is 20.0. The third kappa shape index (κ3) is 14.9. The van der Waals surface area contributed by atoms with E-state index in [9.17, 15) is 4.79 Å². The van der Waals surface area contributed by atoms with Crippen molar-refractivity contribution in [2.75, 3.05) is 18.9 Å². The molecule has 238 valence electrons. The van der Waals surface area contributed by atoms with Gasteiger partial charge in [-0.05, 0) is 73.0 Å². The number of nitrogen functional groups attached to an aromatic ring is 1. The molecule has 1 amide bonds. The van der Waals surface area contributed by atoms with Gasteiger partial charge < -0.3 is 15.4 Å². The molecule has 3 unspecified atom stereocenters. The summed E-state index contributed by atoms with van der Waals surface area (Å²) in [4.78, 5) is 15.5. The molecular formula is C36H61N3O2S. The summed E-state index contributed by atoms with van der Waals surface area (Å²) in [6.45, 7) is 20.5. The summed E-state index contributed by atoms with van der Waals surface area (Å²) in [6.07, 6.45) is 13.5. The van der Waals surface area contributed by atoms with Crippen LogP contribution in [0, 0.1) is 22.7 Å². The molecule has 0 aliphatic heterocycles. The second-order valence-electron chi connectivity index (χ2n) is 12.7. The van der Waals surface area contributed by atoms with Gasteiger partial charge in [0, 0.05) is 37.7 Å². The predicted molar refractivity (Wildman–Crippen MR) is 185 cm³/mol. The number of ether oxygens (including phenoxy) is 1. The van der Waals surface area contributed by atoms with Gasteiger partial charge in [-0.25, -0.2) is 0 Å². The van der Waals surface area contributed by atoms with Crippen LogP contribution in [0.1, 0.15) is 112 Å². The predicted octanol–water partition coefficient (Wildman–Crippen LogP) is 9.67. The van der Waals surface area contributed by atoms with Crippen LogP contribution in [0.2, 0.25) is 0 Å². The summed E-state index contributed by atoms with van der Waals surface area (Å²) in [5.74, 6) is 0.825. The monoisotopic (exact) mass is 599 g/mol. The van der Waals surface area contributed by atoms with E-state index in [2.05, 4.69) is 76.6 Å². The Hall–Kier alpha value is -2.05. The fraction of sp³-hybridized carbons (Fsp3) is 0.667. The molecule has 42 heavy (non-hydrogen) atoms. The van der Waals surface area contributed by atoms with E-state index in [0.29, 0.717) is 30.4 Å². The summed E-state index contributed by atoms with van der Waals surface area (Å²) < 4.78 is 6.16. The van der Waals surface area contributed by atoms with Gasteiger partial charge in [0.15, 0.2) is 0 Å². The lowest BCUT2D eigenvalue weighted by molar-refractivity contribution is -0.135. The number of hydrogen-bond donors (Lipinski definition) is 2. The minimum Gasteiger partial charge on any atom is -0.399 e. The molecule has 0 aliphatic carbocycles. The van der Waals surface area contributed by atoms with Crippen molar-refractivity contribution in [3.05, 3.63) is 54.0 Å². The molecule has 1 rings (SSSR count). The molecule has 0 spiro atoms. The minimum absolute atomic E-state index is 0.00420. The van der Waals surface area contributed by atoms with Gasteiger partial charge in [-0.3, -0.25) is 10.2 Å². The molecule has 5 nitrogen and oxygen atoms in total. The average molecular weight is 600 g/mol. The normalized spacial score (nSPS) is 14.2. The van der Waals surface area contributed by atoms with Crippen LogP contribution < -0.4 is 5.73 Å². The maximum Gasteiger partial charge on any atom is 0.222 e. The largest absolute Gasteiger partial charge is 0.399 e. The smallest absolute Gasteiger partial charge is 0.222 e. The second-order valence-corrected chi connectivity index (χ2v) is 13.6. The van der Waals surface area contributed by atoms with Crippen molar-refractivity contribution in [1.82, 2.24) is 4.90 Å². The number of carbonyl (C=O) groups is 1. The molecule has 0 bridgehead atoms. The summed E-state index contributed by atoms with van der Waals surface area (Å²) in [5.41, 5.74) is 7.93. The maximum absolute atomic E-state index is 13.4. The number of benzene rings is 1. The van der Waals surface area contributed by atoms with E-state index in [0.717, 1.165) is 50.8 Å².